The van der Waals surface area contributed by atoms with Crippen LogP contribution in [0.4, 0.5) is 0 Å². The van der Waals surface area contributed by atoms with Gasteiger partial charge in [-0.1, -0.05) is 25.0 Å². The van der Waals surface area contributed by atoms with Crippen molar-refractivity contribution in [2.75, 3.05) is 0 Å². The fraction of sp³-hybridized carbons (Fsp3) is 0.538. The van der Waals surface area contributed by atoms with Gasteiger partial charge in [-0.05, 0) is 36.8 Å². The molecule has 3 heteroatoms. The third-order valence-corrected chi connectivity index (χ3v) is 4.48. The van der Waals surface area contributed by atoms with Gasteiger partial charge in [-0.15, -0.1) is 0 Å². The fourth-order valence-corrected chi connectivity index (χ4v) is 3.72. The quantitative estimate of drug-likeness (QED) is 0.668. The van der Waals surface area contributed by atoms with E-state index in [1.807, 2.05) is 24.3 Å². The van der Waals surface area contributed by atoms with Crippen molar-refractivity contribution in [3.63, 3.8) is 0 Å². The standard InChI is InChI=1S/C13H15BO2/c1-2-4-13-12(3-1)15-14(16-13)11-8-9-5-6-10(11)7-9/h1-4,9-11H,5-8H2/t9-,10+,11+/m1/s1. The zero-order chi connectivity index (χ0) is 10.5. The molecular weight excluding hydrogens is 199 g/mol. The molecule has 16 heavy (non-hydrogen) atoms. The molecule has 0 N–H and O–H groups in total. The van der Waals surface area contributed by atoms with Crippen LogP contribution in [0.25, 0.3) is 0 Å². The van der Waals surface area contributed by atoms with Gasteiger partial charge in [0, 0.05) is 5.82 Å². The average Bonchev–Trinajstić information content (AvgIpc) is 3.02. The molecule has 2 bridgehead atoms. The summed E-state index contributed by atoms with van der Waals surface area (Å²) in [5.41, 5.74) is 0. The monoisotopic (exact) mass is 214 g/mol. The zero-order valence-electron chi connectivity index (χ0n) is 9.26. The first kappa shape index (κ1) is 8.97. The van der Waals surface area contributed by atoms with Gasteiger partial charge < -0.3 is 9.31 Å². The van der Waals surface area contributed by atoms with Crippen molar-refractivity contribution < 1.29 is 9.31 Å². The highest BCUT2D eigenvalue weighted by atomic mass is 16.6. The summed E-state index contributed by atoms with van der Waals surface area (Å²) in [5.74, 6) is 4.28. The lowest BCUT2D eigenvalue weighted by Gasteiger charge is -2.21. The van der Waals surface area contributed by atoms with E-state index in [2.05, 4.69) is 0 Å². The lowest BCUT2D eigenvalue weighted by Crippen LogP contribution is -2.33. The molecule has 0 amide bonds. The molecule has 2 saturated carbocycles. The van der Waals surface area contributed by atoms with Crippen molar-refractivity contribution >= 4 is 7.12 Å². The van der Waals surface area contributed by atoms with Crippen molar-refractivity contribution in [1.29, 1.82) is 0 Å². The predicted octanol–water partition coefficient (Wildman–Crippen LogP) is 3.14. The van der Waals surface area contributed by atoms with Crippen molar-refractivity contribution in [3.05, 3.63) is 24.3 Å². The third kappa shape index (κ3) is 1.20. The molecule has 2 nitrogen and oxygen atoms in total. The maximum absolute atomic E-state index is 5.92. The minimum absolute atomic E-state index is 0.00676. The van der Waals surface area contributed by atoms with Crippen LogP contribution in [-0.2, 0) is 0 Å². The normalized spacial score (nSPS) is 34.8. The Labute approximate surface area is 96.1 Å². The van der Waals surface area contributed by atoms with E-state index >= 15 is 0 Å². The van der Waals surface area contributed by atoms with E-state index < -0.39 is 0 Å². The highest BCUT2D eigenvalue weighted by Gasteiger charge is 2.51. The number of hydrogen-bond donors (Lipinski definition) is 0. The summed E-state index contributed by atoms with van der Waals surface area (Å²) in [6, 6.07) is 8.02. The van der Waals surface area contributed by atoms with E-state index in [4.69, 9.17) is 9.31 Å². The van der Waals surface area contributed by atoms with Crippen LogP contribution in [0.15, 0.2) is 24.3 Å². The summed E-state index contributed by atoms with van der Waals surface area (Å²) in [4.78, 5) is 0. The van der Waals surface area contributed by atoms with Crippen molar-refractivity contribution in [1.82, 2.24) is 0 Å². The van der Waals surface area contributed by atoms with Gasteiger partial charge in [0.1, 0.15) is 11.5 Å². The number of fused-ring (bicyclic) bond motifs is 3. The van der Waals surface area contributed by atoms with Crippen LogP contribution in [0.2, 0.25) is 5.82 Å². The smallest absolute Gasteiger partial charge is 0.523 e. The molecule has 1 heterocycles. The maximum atomic E-state index is 5.92. The first-order valence-electron chi connectivity index (χ1n) is 6.32. The van der Waals surface area contributed by atoms with Gasteiger partial charge in [0.05, 0.1) is 0 Å². The molecule has 1 aromatic rings. The molecule has 0 aromatic heterocycles. The van der Waals surface area contributed by atoms with E-state index in [0.717, 1.165) is 23.3 Å². The van der Waals surface area contributed by atoms with Crippen LogP contribution in [0.5, 0.6) is 11.5 Å². The molecule has 3 atom stereocenters. The lowest BCUT2D eigenvalue weighted by atomic mass is 9.64. The Morgan fingerprint density at radius 3 is 2.31 bits per heavy atom. The molecule has 3 aliphatic rings. The van der Waals surface area contributed by atoms with Gasteiger partial charge in [-0.3, -0.25) is 0 Å². The molecule has 0 radical (unpaired) electrons. The highest BCUT2D eigenvalue weighted by molar-refractivity contribution is 6.49. The lowest BCUT2D eigenvalue weighted by molar-refractivity contribution is 0.394. The molecule has 2 aliphatic carbocycles. The molecule has 1 aromatic carbocycles. The van der Waals surface area contributed by atoms with Crippen LogP contribution < -0.4 is 9.31 Å². The van der Waals surface area contributed by atoms with Gasteiger partial charge >= 0.3 is 7.12 Å². The Balaban J connectivity index is 1.56. The number of rotatable bonds is 1. The second-order valence-corrected chi connectivity index (χ2v) is 5.39. The number of para-hydroxylation sites is 2. The Bertz CT molecular complexity index is 395. The SMILES string of the molecule is c1ccc2c(c1)OB([C@H]1C[C@@H]3CC[C@H]1C3)O2. The van der Waals surface area contributed by atoms with Crippen molar-refractivity contribution in [3.8, 4) is 11.5 Å². The van der Waals surface area contributed by atoms with Gasteiger partial charge in [-0.25, -0.2) is 0 Å². The first-order chi connectivity index (χ1) is 7.90. The van der Waals surface area contributed by atoms with Gasteiger partial charge in [0.2, 0.25) is 0 Å². The fourth-order valence-electron chi connectivity index (χ4n) is 3.72. The molecule has 0 saturated heterocycles. The molecule has 4 rings (SSSR count). The summed E-state index contributed by atoms with van der Waals surface area (Å²) in [6.45, 7) is 0. The Hall–Kier alpha value is -1.12. The molecule has 0 spiro atoms. The summed E-state index contributed by atoms with van der Waals surface area (Å²) in [5, 5.41) is 0. The van der Waals surface area contributed by atoms with Gasteiger partial charge in [-0.2, -0.15) is 0 Å². The second-order valence-electron chi connectivity index (χ2n) is 5.39. The maximum Gasteiger partial charge on any atom is 0.598 e. The van der Waals surface area contributed by atoms with Crippen LogP contribution in [0.3, 0.4) is 0 Å². The van der Waals surface area contributed by atoms with E-state index in [9.17, 15) is 0 Å². The predicted molar refractivity (Wildman–Crippen MR) is 62.7 cm³/mol. The highest BCUT2D eigenvalue weighted by Crippen LogP contribution is 2.54. The van der Waals surface area contributed by atoms with E-state index in [0.29, 0.717) is 5.82 Å². The minimum Gasteiger partial charge on any atom is -0.523 e. The van der Waals surface area contributed by atoms with Crippen LogP contribution in [0.1, 0.15) is 25.7 Å². The van der Waals surface area contributed by atoms with Crippen LogP contribution in [0, 0.1) is 11.8 Å². The van der Waals surface area contributed by atoms with Crippen LogP contribution >= 0.6 is 0 Å². The second kappa shape index (κ2) is 3.19. The Morgan fingerprint density at radius 1 is 1.00 bits per heavy atom. The van der Waals surface area contributed by atoms with E-state index in [1.54, 1.807) is 0 Å². The number of hydrogen-bond acceptors (Lipinski definition) is 2. The van der Waals surface area contributed by atoms with Gasteiger partial charge in [0.25, 0.3) is 0 Å². The summed E-state index contributed by atoms with van der Waals surface area (Å²) >= 11 is 0. The van der Waals surface area contributed by atoms with Crippen molar-refractivity contribution in [2.24, 2.45) is 11.8 Å². The molecule has 0 unspecified atom stereocenters. The van der Waals surface area contributed by atoms with Gasteiger partial charge in [0.15, 0.2) is 0 Å². The number of benzene rings is 1. The Kier molecular flexibility index (Phi) is 1.79. The topological polar surface area (TPSA) is 18.5 Å². The average molecular weight is 214 g/mol. The third-order valence-electron chi connectivity index (χ3n) is 4.48. The molecule has 1 aliphatic heterocycles. The first-order valence-corrected chi connectivity index (χ1v) is 6.32. The minimum atomic E-state index is -0.00676. The summed E-state index contributed by atoms with van der Waals surface area (Å²) in [6.07, 6.45) is 5.53. The summed E-state index contributed by atoms with van der Waals surface area (Å²) in [7, 11) is -0.00676. The Morgan fingerprint density at radius 2 is 1.75 bits per heavy atom. The van der Waals surface area contributed by atoms with E-state index in [-0.39, 0.29) is 7.12 Å². The zero-order valence-corrected chi connectivity index (χ0v) is 9.26. The largest absolute Gasteiger partial charge is 0.598 e. The summed E-state index contributed by atoms with van der Waals surface area (Å²) < 4.78 is 11.8. The van der Waals surface area contributed by atoms with E-state index in [1.165, 1.54) is 25.7 Å². The molecular formula is C13H15BO2. The molecule has 82 valence electrons. The van der Waals surface area contributed by atoms with Crippen molar-refractivity contribution in [2.45, 2.75) is 31.5 Å². The molecule has 2 fully saturated rings. The van der Waals surface area contributed by atoms with Crippen LogP contribution in [-0.4, -0.2) is 7.12 Å².